The second-order valence-corrected chi connectivity index (χ2v) is 7.62. The van der Waals surface area contributed by atoms with Gasteiger partial charge in [-0.05, 0) is 43.2 Å². The molecule has 8 nitrogen and oxygen atoms in total. The third kappa shape index (κ3) is 4.59. The minimum atomic E-state index is -0.492. The lowest BCUT2D eigenvalue weighted by Gasteiger charge is -2.08. The molecule has 0 unspecified atom stereocenters. The Morgan fingerprint density at radius 1 is 1.00 bits per heavy atom. The van der Waals surface area contributed by atoms with Crippen LogP contribution in [0.2, 0.25) is 0 Å². The molecule has 0 radical (unpaired) electrons. The maximum Gasteiger partial charge on any atom is 0.350 e. The van der Waals surface area contributed by atoms with E-state index in [1.54, 1.807) is 12.1 Å². The van der Waals surface area contributed by atoms with E-state index in [2.05, 4.69) is 15.7 Å². The van der Waals surface area contributed by atoms with Crippen LogP contribution in [0.1, 0.15) is 27.0 Å². The quantitative estimate of drug-likeness (QED) is 0.492. The summed E-state index contributed by atoms with van der Waals surface area (Å²) in [6, 6.07) is 18.4. The summed E-state index contributed by atoms with van der Waals surface area (Å²) in [5.74, 6) is -0.661. The summed E-state index contributed by atoms with van der Waals surface area (Å²) in [4.78, 5) is 37.7. The lowest BCUT2D eigenvalue weighted by atomic mass is 10.1. The molecule has 0 aliphatic carbocycles. The average Bonchev–Trinajstić information content (AvgIpc) is 3.09. The van der Waals surface area contributed by atoms with Crippen LogP contribution >= 0.6 is 0 Å². The molecule has 162 valence electrons. The molecular weight excluding hydrogens is 406 g/mol. The van der Waals surface area contributed by atoms with Crippen LogP contribution in [0, 0.1) is 13.8 Å². The number of benzene rings is 2. The Balaban J connectivity index is 1.48. The van der Waals surface area contributed by atoms with Gasteiger partial charge in [0.15, 0.2) is 5.65 Å². The van der Waals surface area contributed by atoms with Crippen LogP contribution in [0.4, 0.5) is 5.69 Å². The van der Waals surface area contributed by atoms with Gasteiger partial charge in [0, 0.05) is 18.4 Å². The lowest BCUT2D eigenvalue weighted by Crippen LogP contribution is -2.29. The smallest absolute Gasteiger partial charge is 0.348 e. The zero-order chi connectivity index (χ0) is 22.7. The van der Waals surface area contributed by atoms with Crippen molar-refractivity contribution in [1.82, 2.24) is 19.5 Å². The average molecular weight is 429 g/mol. The van der Waals surface area contributed by atoms with E-state index < -0.39 is 5.69 Å². The first-order valence-corrected chi connectivity index (χ1v) is 10.2. The Morgan fingerprint density at radius 2 is 1.78 bits per heavy atom. The van der Waals surface area contributed by atoms with E-state index in [1.165, 1.54) is 10.6 Å². The summed E-state index contributed by atoms with van der Waals surface area (Å²) in [5.41, 5.74) is 3.89. The SMILES string of the molecule is Cc1ccc(NC(=O)Cn2nc3ccc(C(=O)NCc4ccccc4)cn3c2=O)c(C)c1. The van der Waals surface area contributed by atoms with Crippen molar-refractivity contribution >= 4 is 23.1 Å². The highest BCUT2D eigenvalue weighted by Gasteiger charge is 2.14. The normalized spacial score (nSPS) is 10.8. The largest absolute Gasteiger partial charge is 0.350 e. The number of hydrogen-bond acceptors (Lipinski definition) is 4. The second kappa shape index (κ2) is 8.89. The van der Waals surface area contributed by atoms with Crippen LogP contribution in [0.25, 0.3) is 5.65 Å². The van der Waals surface area contributed by atoms with Gasteiger partial charge in [0.2, 0.25) is 5.91 Å². The zero-order valence-electron chi connectivity index (χ0n) is 17.8. The fourth-order valence-corrected chi connectivity index (χ4v) is 3.42. The molecular formula is C24H23N5O3. The first-order valence-electron chi connectivity index (χ1n) is 10.2. The molecule has 0 spiro atoms. The second-order valence-electron chi connectivity index (χ2n) is 7.62. The predicted octanol–water partition coefficient (Wildman–Crippen LogP) is 2.68. The molecule has 2 aromatic heterocycles. The molecule has 0 bridgehead atoms. The van der Waals surface area contributed by atoms with Crippen molar-refractivity contribution in [2.45, 2.75) is 26.9 Å². The summed E-state index contributed by atoms with van der Waals surface area (Å²) < 4.78 is 2.35. The van der Waals surface area contributed by atoms with E-state index in [-0.39, 0.29) is 18.4 Å². The Bertz CT molecular complexity index is 1360. The van der Waals surface area contributed by atoms with Gasteiger partial charge in [-0.2, -0.15) is 0 Å². The molecule has 0 fully saturated rings. The number of fused-ring (bicyclic) bond motifs is 1. The zero-order valence-corrected chi connectivity index (χ0v) is 17.8. The molecule has 2 aromatic carbocycles. The van der Waals surface area contributed by atoms with Gasteiger partial charge in [0.25, 0.3) is 5.91 Å². The molecule has 2 N–H and O–H groups in total. The maximum absolute atomic E-state index is 12.7. The van der Waals surface area contributed by atoms with E-state index in [9.17, 15) is 14.4 Å². The van der Waals surface area contributed by atoms with E-state index >= 15 is 0 Å². The summed E-state index contributed by atoms with van der Waals surface area (Å²) in [5, 5.41) is 9.84. The molecule has 8 heteroatoms. The van der Waals surface area contributed by atoms with Crippen LogP contribution in [0.15, 0.2) is 71.7 Å². The predicted molar refractivity (Wildman–Crippen MR) is 122 cm³/mol. The van der Waals surface area contributed by atoms with Gasteiger partial charge in [-0.15, -0.1) is 5.10 Å². The molecule has 4 aromatic rings. The van der Waals surface area contributed by atoms with Crippen molar-refractivity contribution < 1.29 is 9.59 Å². The maximum atomic E-state index is 12.7. The first-order chi connectivity index (χ1) is 15.4. The van der Waals surface area contributed by atoms with Gasteiger partial charge in [-0.1, -0.05) is 48.0 Å². The molecule has 0 saturated carbocycles. The Hall–Kier alpha value is -4.20. The number of anilines is 1. The standard InChI is InChI=1S/C24H23N5O3/c1-16-8-10-20(17(2)12-16)26-22(30)15-29-24(32)28-14-19(9-11-21(28)27-29)23(31)25-13-18-6-4-3-5-7-18/h3-12,14H,13,15H2,1-2H3,(H,25,31)(H,26,30). The van der Waals surface area contributed by atoms with Gasteiger partial charge < -0.3 is 10.6 Å². The van der Waals surface area contributed by atoms with Crippen molar-refractivity contribution in [2.24, 2.45) is 0 Å². The topological polar surface area (TPSA) is 97.5 Å². The van der Waals surface area contributed by atoms with Crippen LogP contribution in [0.5, 0.6) is 0 Å². The van der Waals surface area contributed by atoms with Gasteiger partial charge >= 0.3 is 5.69 Å². The number of rotatable bonds is 6. The van der Waals surface area contributed by atoms with Crippen LogP contribution in [-0.4, -0.2) is 26.0 Å². The van der Waals surface area contributed by atoms with Crippen LogP contribution < -0.4 is 16.3 Å². The Kier molecular flexibility index (Phi) is 5.85. The van der Waals surface area contributed by atoms with Crippen LogP contribution in [-0.2, 0) is 17.9 Å². The minimum Gasteiger partial charge on any atom is -0.348 e. The fourth-order valence-electron chi connectivity index (χ4n) is 3.42. The van der Waals surface area contributed by atoms with Crippen molar-refractivity contribution in [1.29, 1.82) is 0 Å². The summed E-state index contributed by atoms with van der Waals surface area (Å²) >= 11 is 0. The molecule has 2 heterocycles. The monoisotopic (exact) mass is 429 g/mol. The van der Waals surface area contributed by atoms with E-state index in [0.29, 0.717) is 23.4 Å². The molecule has 4 rings (SSSR count). The number of carbonyl (C=O) groups excluding carboxylic acids is 2. The molecule has 2 amide bonds. The summed E-state index contributed by atoms with van der Waals surface area (Å²) in [7, 11) is 0. The highest BCUT2D eigenvalue weighted by atomic mass is 16.2. The number of carbonyl (C=O) groups is 2. The number of nitrogens with one attached hydrogen (secondary N) is 2. The molecule has 0 aliphatic rings. The van der Waals surface area contributed by atoms with Crippen LogP contribution in [0.3, 0.4) is 0 Å². The van der Waals surface area contributed by atoms with Crippen molar-refractivity contribution in [3.8, 4) is 0 Å². The summed E-state index contributed by atoms with van der Waals surface area (Å²) in [6.45, 7) is 4.03. The Labute approximate surface area is 184 Å². The lowest BCUT2D eigenvalue weighted by molar-refractivity contribution is -0.117. The Morgan fingerprint density at radius 3 is 2.53 bits per heavy atom. The highest BCUT2D eigenvalue weighted by molar-refractivity contribution is 5.94. The van der Waals surface area contributed by atoms with Crippen molar-refractivity contribution in [3.63, 3.8) is 0 Å². The number of aryl methyl sites for hydroxylation is 2. The number of nitrogens with zero attached hydrogens (tertiary/aromatic N) is 3. The van der Waals surface area contributed by atoms with E-state index in [1.807, 2.05) is 62.4 Å². The number of hydrogen-bond donors (Lipinski definition) is 2. The number of aromatic nitrogens is 3. The molecule has 0 saturated heterocycles. The number of pyridine rings is 1. The minimum absolute atomic E-state index is 0.233. The summed E-state index contributed by atoms with van der Waals surface area (Å²) in [6.07, 6.45) is 1.43. The number of amides is 2. The van der Waals surface area contributed by atoms with Gasteiger partial charge in [0.05, 0.1) is 5.56 Å². The van der Waals surface area contributed by atoms with Gasteiger partial charge in [-0.25, -0.2) is 13.9 Å². The van der Waals surface area contributed by atoms with E-state index in [0.717, 1.165) is 21.4 Å². The fraction of sp³-hybridized carbons (Fsp3) is 0.167. The molecule has 0 atom stereocenters. The van der Waals surface area contributed by atoms with E-state index in [4.69, 9.17) is 0 Å². The molecule has 32 heavy (non-hydrogen) atoms. The third-order valence-electron chi connectivity index (χ3n) is 5.08. The first kappa shape index (κ1) is 21.0. The highest BCUT2D eigenvalue weighted by Crippen LogP contribution is 2.16. The van der Waals surface area contributed by atoms with Gasteiger partial charge in [0.1, 0.15) is 6.54 Å². The van der Waals surface area contributed by atoms with Crippen molar-refractivity contribution in [2.75, 3.05) is 5.32 Å². The molecule has 0 aliphatic heterocycles. The third-order valence-corrected chi connectivity index (χ3v) is 5.08. The van der Waals surface area contributed by atoms with Gasteiger partial charge in [-0.3, -0.25) is 9.59 Å². The van der Waals surface area contributed by atoms with Crippen molar-refractivity contribution in [3.05, 3.63) is 99.6 Å².